The van der Waals surface area contributed by atoms with Crippen molar-refractivity contribution in [3.63, 3.8) is 0 Å². The molecule has 1 amide bonds. The molecule has 0 saturated carbocycles. The summed E-state index contributed by atoms with van der Waals surface area (Å²) in [5.41, 5.74) is 0. The van der Waals surface area contributed by atoms with Crippen LogP contribution in [0.25, 0.3) is 0 Å². The van der Waals surface area contributed by atoms with E-state index in [1.807, 2.05) is 0 Å². The van der Waals surface area contributed by atoms with Crippen LogP contribution < -0.4 is 5.32 Å². The van der Waals surface area contributed by atoms with Crippen molar-refractivity contribution in [3.8, 4) is 0 Å². The second kappa shape index (κ2) is 2.79. The maximum atomic E-state index is 10.4. The highest BCUT2D eigenvalue weighted by Gasteiger charge is 2.32. The molecule has 0 aliphatic carbocycles. The van der Waals surface area contributed by atoms with Gasteiger partial charge < -0.3 is 14.8 Å². The van der Waals surface area contributed by atoms with E-state index >= 15 is 0 Å². The zero-order chi connectivity index (χ0) is 7.56. The van der Waals surface area contributed by atoms with Crippen LogP contribution >= 0.6 is 0 Å². The largest absolute Gasteiger partial charge is 0.372 e. The van der Waals surface area contributed by atoms with Crippen molar-refractivity contribution >= 4 is 12.2 Å². The smallest absolute Gasteiger partial charge is 0.222 e. The Labute approximate surface area is 58.5 Å². The number of β-lactam (4-membered cyclic amide) rings is 1. The first-order valence-corrected chi connectivity index (χ1v) is 3.05. The zero-order valence-electron chi connectivity index (χ0n) is 5.66. The van der Waals surface area contributed by atoms with Crippen LogP contribution in [0.5, 0.6) is 0 Å². The minimum atomic E-state index is -0.474. The van der Waals surface area contributed by atoms with Gasteiger partial charge in [-0.25, -0.2) is 0 Å². The van der Waals surface area contributed by atoms with Crippen LogP contribution in [0, 0.1) is 0 Å². The fraction of sp³-hybridized carbons (Fsp3) is 0.667. The van der Waals surface area contributed by atoms with Gasteiger partial charge in [0.1, 0.15) is 6.10 Å². The van der Waals surface area contributed by atoms with Crippen molar-refractivity contribution in [1.29, 1.82) is 0 Å². The molecule has 0 aromatic carbocycles. The third-order valence-corrected chi connectivity index (χ3v) is 1.55. The van der Waals surface area contributed by atoms with Crippen LogP contribution in [-0.2, 0) is 14.3 Å². The summed E-state index contributed by atoms with van der Waals surface area (Å²) in [6.07, 6.45) is 0.624. The van der Waals surface area contributed by atoms with Crippen LogP contribution in [0.2, 0.25) is 0 Å². The predicted octanol–water partition coefficient (Wildman–Crippen LogP) is -0.911. The van der Waals surface area contributed by atoms with Crippen LogP contribution in [0.15, 0.2) is 0 Å². The second-order valence-electron chi connectivity index (χ2n) is 2.21. The first kappa shape index (κ1) is 7.21. The van der Waals surface area contributed by atoms with E-state index in [1.165, 1.54) is 7.11 Å². The van der Waals surface area contributed by atoms with Crippen LogP contribution in [0.4, 0.5) is 0 Å². The average Bonchev–Trinajstić information content (AvgIpc) is 1.87. The monoisotopic (exact) mass is 143 g/mol. The second-order valence-corrected chi connectivity index (χ2v) is 2.21. The molecule has 1 aliphatic heterocycles. The highest BCUT2D eigenvalue weighted by Crippen LogP contribution is 2.09. The van der Waals surface area contributed by atoms with E-state index in [0.29, 0.717) is 12.7 Å². The normalized spacial score (nSPS) is 26.5. The molecule has 4 heteroatoms. The van der Waals surface area contributed by atoms with Crippen molar-refractivity contribution in [2.45, 2.75) is 18.6 Å². The Hall–Kier alpha value is -0.900. The van der Waals surface area contributed by atoms with Gasteiger partial charge in [-0.3, -0.25) is 4.79 Å². The Morgan fingerprint density at radius 2 is 2.50 bits per heavy atom. The Kier molecular flexibility index (Phi) is 2.01. The SMILES string of the molecule is COC(C=O)C1CC(=O)N1. The summed E-state index contributed by atoms with van der Waals surface area (Å²) in [4.78, 5) is 20.6. The standard InChI is InChI=1S/C6H9NO3/c1-10-5(3-8)4-2-6(9)7-4/h3-5H,2H2,1H3,(H,7,9). The van der Waals surface area contributed by atoms with E-state index in [4.69, 9.17) is 4.74 Å². The Bertz CT molecular complexity index is 149. The molecule has 56 valence electrons. The van der Waals surface area contributed by atoms with Crippen molar-refractivity contribution in [1.82, 2.24) is 5.32 Å². The summed E-state index contributed by atoms with van der Waals surface area (Å²) in [6, 6.07) is -0.102. The van der Waals surface area contributed by atoms with Gasteiger partial charge in [0, 0.05) is 13.5 Å². The Morgan fingerprint density at radius 3 is 2.80 bits per heavy atom. The van der Waals surface area contributed by atoms with Crippen LogP contribution in [0.1, 0.15) is 6.42 Å². The van der Waals surface area contributed by atoms with E-state index < -0.39 is 6.10 Å². The van der Waals surface area contributed by atoms with Crippen molar-refractivity contribution in [2.75, 3.05) is 7.11 Å². The topological polar surface area (TPSA) is 55.4 Å². The van der Waals surface area contributed by atoms with E-state index in [2.05, 4.69) is 5.32 Å². The summed E-state index contributed by atoms with van der Waals surface area (Å²) in [6.45, 7) is 0. The van der Waals surface area contributed by atoms with Crippen molar-refractivity contribution in [3.05, 3.63) is 0 Å². The Balaban J connectivity index is 2.34. The molecule has 10 heavy (non-hydrogen) atoms. The molecule has 0 aromatic heterocycles. The van der Waals surface area contributed by atoms with Gasteiger partial charge in [0.2, 0.25) is 5.91 Å². The van der Waals surface area contributed by atoms with Gasteiger partial charge in [-0.05, 0) is 0 Å². The molecule has 0 radical (unpaired) electrons. The number of carbonyl (C=O) groups excluding carboxylic acids is 2. The average molecular weight is 143 g/mol. The fourth-order valence-corrected chi connectivity index (χ4v) is 0.898. The van der Waals surface area contributed by atoms with Gasteiger partial charge in [-0.1, -0.05) is 0 Å². The van der Waals surface area contributed by atoms with Gasteiger partial charge in [0.15, 0.2) is 6.29 Å². The van der Waals surface area contributed by atoms with Gasteiger partial charge >= 0.3 is 0 Å². The lowest BCUT2D eigenvalue weighted by atomic mass is 10.0. The third kappa shape index (κ3) is 1.16. The summed E-state index contributed by atoms with van der Waals surface area (Å²) >= 11 is 0. The van der Waals surface area contributed by atoms with Crippen molar-refractivity contribution < 1.29 is 14.3 Å². The first-order chi connectivity index (χ1) is 4.77. The van der Waals surface area contributed by atoms with Gasteiger partial charge in [0.25, 0.3) is 0 Å². The first-order valence-electron chi connectivity index (χ1n) is 3.05. The van der Waals surface area contributed by atoms with Gasteiger partial charge in [0.05, 0.1) is 6.04 Å². The maximum Gasteiger partial charge on any atom is 0.222 e. The molecule has 1 fully saturated rings. The molecule has 1 aliphatic rings. The molecule has 0 spiro atoms. The van der Waals surface area contributed by atoms with Crippen LogP contribution in [0.3, 0.4) is 0 Å². The minimum Gasteiger partial charge on any atom is -0.372 e. The molecule has 1 saturated heterocycles. The molecule has 2 atom stereocenters. The fourth-order valence-electron chi connectivity index (χ4n) is 0.898. The lowest BCUT2D eigenvalue weighted by molar-refractivity contribution is -0.134. The zero-order valence-corrected chi connectivity index (χ0v) is 5.66. The van der Waals surface area contributed by atoms with Gasteiger partial charge in [-0.2, -0.15) is 0 Å². The highest BCUT2D eigenvalue weighted by atomic mass is 16.5. The summed E-state index contributed by atoms with van der Waals surface area (Å²) < 4.78 is 4.77. The Morgan fingerprint density at radius 1 is 1.90 bits per heavy atom. The maximum absolute atomic E-state index is 10.4. The number of nitrogens with one attached hydrogen (secondary N) is 1. The lowest BCUT2D eigenvalue weighted by Crippen LogP contribution is -2.56. The third-order valence-electron chi connectivity index (χ3n) is 1.55. The number of methoxy groups -OCH3 is 1. The molecule has 0 aromatic rings. The highest BCUT2D eigenvalue weighted by molar-refractivity contribution is 5.84. The molecule has 1 heterocycles. The molecule has 1 rings (SSSR count). The number of rotatable bonds is 3. The summed E-state index contributed by atoms with van der Waals surface area (Å²) in [5, 5.41) is 2.55. The number of aldehydes is 1. The minimum absolute atomic E-state index is 0.0195. The predicted molar refractivity (Wildman–Crippen MR) is 33.4 cm³/mol. The molecule has 2 unspecified atom stereocenters. The quantitative estimate of drug-likeness (QED) is 0.411. The number of hydrogen-bond donors (Lipinski definition) is 1. The molecule has 4 nitrogen and oxygen atoms in total. The molecule has 1 N–H and O–H groups in total. The van der Waals surface area contributed by atoms with Crippen LogP contribution in [-0.4, -0.2) is 31.4 Å². The number of amides is 1. The van der Waals surface area contributed by atoms with E-state index in [1.54, 1.807) is 0 Å². The van der Waals surface area contributed by atoms with E-state index in [-0.39, 0.29) is 11.9 Å². The number of ether oxygens (including phenoxy) is 1. The number of carbonyl (C=O) groups is 2. The van der Waals surface area contributed by atoms with E-state index in [0.717, 1.165) is 0 Å². The molecular formula is C6H9NO3. The van der Waals surface area contributed by atoms with E-state index in [9.17, 15) is 9.59 Å². The lowest BCUT2D eigenvalue weighted by Gasteiger charge is -2.30. The molecule has 0 bridgehead atoms. The van der Waals surface area contributed by atoms with Gasteiger partial charge in [-0.15, -0.1) is 0 Å². The molecular weight excluding hydrogens is 134 g/mol. The summed E-state index contributed by atoms with van der Waals surface area (Å²) in [5.74, 6) is -0.0195. The van der Waals surface area contributed by atoms with Crippen molar-refractivity contribution in [2.24, 2.45) is 0 Å². The number of hydrogen-bond acceptors (Lipinski definition) is 3. The summed E-state index contributed by atoms with van der Waals surface area (Å²) in [7, 11) is 1.45.